The molecule has 1 fully saturated rings. The van der Waals surface area contributed by atoms with Gasteiger partial charge in [0.05, 0.1) is 16.6 Å². The highest BCUT2D eigenvalue weighted by molar-refractivity contribution is 6.15. The summed E-state index contributed by atoms with van der Waals surface area (Å²) >= 11 is 0. The molecule has 2 aromatic heterocycles. The van der Waals surface area contributed by atoms with E-state index in [2.05, 4.69) is 42.2 Å². The van der Waals surface area contributed by atoms with Gasteiger partial charge in [0.2, 0.25) is 5.43 Å². The van der Waals surface area contributed by atoms with Crippen LogP contribution in [-0.4, -0.2) is 32.8 Å². The first kappa shape index (κ1) is 29.8. The van der Waals surface area contributed by atoms with Gasteiger partial charge in [-0.3, -0.25) is 35.1 Å². The molecule has 51 heavy (non-hydrogen) atoms. The Bertz CT molecular complexity index is 2920. The number of para-hydroxylation sites is 3. The fourth-order valence-electron chi connectivity index (χ4n) is 6.43. The van der Waals surface area contributed by atoms with Gasteiger partial charge in [0.15, 0.2) is 5.75 Å². The molecule has 1 aliphatic heterocycles. The van der Waals surface area contributed by atoms with Crippen molar-refractivity contribution in [3.63, 3.8) is 0 Å². The highest BCUT2D eigenvalue weighted by Crippen LogP contribution is 2.36. The Kier molecular flexibility index (Phi) is 6.82. The summed E-state index contributed by atoms with van der Waals surface area (Å²) in [6.07, 6.45) is -0.963. The summed E-state index contributed by atoms with van der Waals surface area (Å²) in [5, 5.41) is 26.0. The number of carbonyl (C=O) groups is 1. The maximum atomic E-state index is 13.7. The third-order valence-corrected chi connectivity index (χ3v) is 8.73. The number of rotatable bonds is 6. The number of pyridine rings is 1. The third kappa shape index (κ3) is 4.93. The van der Waals surface area contributed by atoms with Crippen LogP contribution >= 0.6 is 0 Å². The fourth-order valence-corrected chi connectivity index (χ4v) is 6.43. The lowest BCUT2D eigenvalue weighted by Gasteiger charge is -2.14. The van der Waals surface area contributed by atoms with Gasteiger partial charge in [-0.2, -0.15) is 10.5 Å². The largest absolute Gasteiger partial charge is 0.505 e. The minimum atomic E-state index is -0.963. The summed E-state index contributed by atoms with van der Waals surface area (Å²) in [4.78, 5) is 45.0. The fraction of sp³-hybridized carbons (Fsp3) is 0.0270. The van der Waals surface area contributed by atoms with Crippen molar-refractivity contribution in [2.24, 2.45) is 10.2 Å². The van der Waals surface area contributed by atoms with Gasteiger partial charge in [0.1, 0.15) is 16.7 Å². The van der Waals surface area contributed by atoms with E-state index in [0.29, 0.717) is 54.7 Å². The number of aromatic hydroxyl groups is 1. The second kappa shape index (κ2) is 11.7. The van der Waals surface area contributed by atoms with E-state index in [4.69, 9.17) is 4.74 Å². The molecule has 1 atom stereocenters. The average Bonchev–Trinajstić information content (AvgIpc) is 3.78. The number of hydrazine groups is 1. The van der Waals surface area contributed by atoms with E-state index in [9.17, 15) is 19.5 Å². The molecular weight excluding hydrogens is 650 g/mol. The molecule has 0 spiro atoms. The number of aromatic nitrogens is 2. The first-order valence-corrected chi connectivity index (χ1v) is 15.8. The van der Waals surface area contributed by atoms with E-state index in [0.717, 1.165) is 0 Å². The Morgan fingerprint density at radius 2 is 1.61 bits per heavy atom. The first-order chi connectivity index (χ1) is 24.9. The standard InChI is InChI=1S/C37H25N9O5/c47-28-18-24-29-22(13-8-14-23(29)35(50)46-27-16-7-6-15-26(27)39-33(24)46)30(28)40-42-36-44-45-37(51-36)43-41-31-21-12-5-4-9-19(21)17-25(32(31)48)34(49)38-20-10-2-1-3-11-20/h1-18,36,41-42,44,48H,(H,38,49)(H,43,45). The number of ether oxygens (including phenoxy) is 1. The molecule has 1 saturated heterocycles. The Labute approximate surface area is 286 Å². The van der Waals surface area contributed by atoms with Crippen LogP contribution < -0.4 is 43.4 Å². The average molecular weight is 676 g/mol. The van der Waals surface area contributed by atoms with E-state index in [1.165, 1.54) is 10.5 Å². The number of hydrazone groups is 1. The summed E-state index contributed by atoms with van der Waals surface area (Å²) < 4.78 is 7.31. The Morgan fingerprint density at radius 3 is 2.49 bits per heavy atom. The number of nitrogens with zero attached hydrogens (tertiary/aromatic N) is 4. The number of imidazole rings is 1. The van der Waals surface area contributed by atoms with Crippen LogP contribution in [0.25, 0.3) is 49.0 Å². The number of amidine groups is 1. The van der Waals surface area contributed by atoms with Crippen molar-refractivity contribution in [1.29, 1.82) is 0 Å². The van der Waals surface area contributed by atoms with Crippen LogP contribution in [-0.2, 0) is 4.74 Å². The molecule has 0 bridgehead atoms. The van der Waals surface area contributed by atoms with Gasteiger partial charge in [-0.05, 0) is 47.9 Å². The van der Waals surface area contributed by atoms with Gasteiger partial charge in [-0.1, -0.05) is 66.7 Å². The molecule has 0 saturated carbocycles. The number of nitrogens with one attached hydrogen (secondary N) is 5. The molecule has 0 aliphatic carbocycles. The molecule has 3 heterocycles. The highest BCUT2D eigenvalue weighted by atomic mass is 16.6. The molecule has 6 aromatic carbocycles. The van der Waals surface area contributed by atoms with Crippen molar-refractivity contribution in [3.8, 4) is 5.75 Å². The summed E-state index contributed by atoms with van der Waals surface area (Å²) in [6.45, 7) is 0. The van der Waals surface area contributed by atoms with E-state index in [1.54, 1.807) is 60.7 Å². The van der Waals surface area contributed by atoms with Crippen LogP contribution in [0.3, 0.4) is 0 Å². The zero-order valence-electron chi connectivity index (χ0n) is 26.3. The van der Waals surface area contributed by atoms with Gasteiger partial charge in [-0.25, -0.2) is 4.98 Å². The van der Waals surface area contributed by atoms with Crippen molar-refractivity contribution < 1.29 is 14.6 Å². The molecule has 0 radical (unpaired) electrons. The van der Waals surface area contributed by atoms with Crippen molar-refractivity contribution >= 4 is 72.3 Å². The quantitative estimate of drug-likeness (QED) is 0.112. The highest BCUT2D eigenvalue weighted by Gasteiger charge is 2.23. The molecule has 1 aliphatic rings. The zero-order chi connectivity index (χ0) is 34.6. The number of phenolic OH excluding ortho intramolecular Hbond substituents is 1. The smallest absolute Gasteiger partial charge is 0.324 e. The molecule has 1 unspecified atom stereocenters. The number of hydrogen-bond donors (Lipinski definition) is 6. The van der Waals surface area contributed by atoms with Gasteiger partial charge in [0, 0.05) is 32.6 Å². The maximum Gasteiger partial charge on any atom is 0.324 e. The lowest BCUT2D eigenvalue weighted by Crippen LogP contribution is -2.41. The molecule has 6 N–H and O–H groups in total. The number of amides is 1. The molecule has 9 rings (SSSR count). The minimum Gasteiger partial charge on any atom is -0.505 e. The van der Waals surface area contributed by atoms with E-state index >= 15 is 0 Å². The van der Waals surface area contributed by atoms with Crippen molar-refractivity contribution in [1.82, 2.24) is 25.7 Å². The summed E-state index contributed by atoms with van der Waals surface area (Å²) in [5.41, 5.74) is 13.1. The SMILES string of the molecule is O=C(Nc1ccccc1)c1cc2ccccc2c(NN=C2NNC(NN=c3c(=O)cc4c5c3cccc5c(=O)n3c5ccccc5nc43)O2)c1O. The van der Waals surface area contributed by atoms with Crippen LogP contribution in [0.15, 0.2) is 129 Å². The summed E-state index contributed by atoms with van der Waals surface area (Å²) in [5.74, 6) is -0.802. The third-order valence-electron chi connectivity index (χ3n) is 8.73. The number of hydrogen-bond acceptors (Lipinski definition) is 11. The van der Waals surface area contributed by atoms with Crippen LogP contribution in [0, 0.1) is 0 Å². The van der Waals surface area contributed by atoms with E-state index < -0.39 is 12.3 Å². The number of fused-ring (bicyclic) bond motifs is 5. The van der Waals surface area contributed by atoms with Crippen molar-refractivity contribution in [3.05, 3.63) is 141 Å². The topological polar surface area (TPSA) is 183 Å². The van der Waals surface area contributed by atoms with E-state index in [-0.39, 0.29) is 39.4 Å². The Morgan fingerprint density at radius 1 is 0.843 bits per heavy atom. The molecule has 14 heteroatoms. The second-order valence-electron chi connectivity index (χ2n) is 11.8. The lowest BCUT2D eigenvalue weighted by atomic mass is 10.0. The predicted octanol–water partition coefficient (Wildman–Crippen LogP) is 3.70. The summed E-state index contributed by atoms with van der Waals surface area (Å²) in [7, 11) is 0. The Hall–Kier alpha value is -7.32. The lowest BCUT2D eigenvalue weighted by molar-refractivity contribution is 0.102. The first-order valence-electron chi connectivity index (χ1n) is 15.8. The van der Waals surface area contributed by atoms with Gasteiger partial charge in [0.25, 0.3) is 17.8 Å². The minimum absolute atomic E-state index is 0.0194. The Balaban J connectivity index is 1.01. The second-order valence-corrected chi connectivity index (χ2v) is 11.8. The van der Waals surface area contributed by atoms with Gasteiger partial charge in [-0.15, -0.1) is 5.10 Å². The maximum absolute atomic E-state index is 13.7. The van der Waals surface area contributed by atoms with Gasteiger partial charge >= 0.3 is 6.02 Å². The van der Waals surface area contributed by atoms with E-state index in [1.807, 2.05) is 42.5 Å². The monoisotopic (exact) mass is 675 g/mol. The summed E-state index contributed by atoms with van der Waals surface area (Å²) in [6, 6.07) is 31.7. The van der Waals surface area contributed by atoms with Crippen molar-refractivity contribution in [2.45, 2.75) is 6.35 Å². The van der Waals surface area contributed by atoms with Crippen LogP contribution in [0.2, 0.25) is 0 Å². The van der Waals surface area contributed by atoms with Crippen molar-refractivity contribution in [2.75, 3.05) is 10.7 Å². The predicted molar refractivity (Wildman–Crippen MR) is 194 cm³/mol. The molecule has 8 aromatic rings. The normalized spacial score (nSPS) is 15.6. The van der Waals surface area contributed by atoms with Crippen LogP contribution in [0.4, 0.5) is 11.4 Å². The number of phenols is 1. The number of anilines is 2. The van der Waals surface area contributed by atoms with Crippen LogP contribution in [0.5, 0.6) is 5.75 Å². The molecule has 1 amide bonds. The van der Waals surface area contributed by atoms with Crippen LogP contribution in [0.1, 0.15) is 10.4 Å². The molecular formula is C37H25N9O5. The van der Waals surface area contributed by atoms with Gasteiger partial charge < -0.3 is 15.2 Å². The molecule has 14 nitrogen and oxygen atoms in total. The zero-order valence-corrected chi connectivity index (χ0v) is 26.3. The number of benzene rings is 6. The number of carbonyl (C=O) groups excluding carboxylic acids is 1. The molecule has 248 valence electrons.